The fourth-order valence-corrected chi connectivity index (χ4v) is 1.64. The van der Waals surface area contributed by atoms with E-state index >= 15 is 0 Å². The molecule has 0 aliphatic carbocycles. The molecule has 0 saturated carbocycles. The standard InChI is InChI=1S/C15H17N3O2/c1-11-4-3-5-13(8-11)20-7-6-16-15(19)14-10-17-12(2)9-18-14/h3-5,8-10H,6-7H2,1-2H3,(H,16,19). The second-order valence-electron chi connectivity index (χ2n) is 4.46. The summed E-state index contributed by atoms with van der Waals surface area (Å²) in [6.45, 7) is 4.66. The van der Waals surface area contributed by atoms with Crippen LogP contribution < -0.4 is 10.1 Å². The topological polar surface area (TPSA) is 64.1 Å². The van der Waals surface area contributed by atoms with Crippen LogP contribution in [0.3, 0.4) is 0 Å². The lowest BCUT2D eigenvalue weighted by Gasteiger charge is -2.08. The zero-order valence-corrected chi connectivity index (χ0v) is 11.6. The lowest BCUT2D eigenvalue weighted by molar-refractivity contribution is 0.0941. The van der Waals surface area contributed by atoms with Crippen LogP contribution in [0.5, 0.6) is 5.75 Å². The monoisotopic (exact) mass is 271 g/mol. The van der Waals surface area contributed by atoms with E-state index in [1.54, 1.807) is 6.20 Å². The van der Waals surface area contributed by atoms with Crippen molar-refractivity contribution in [1.82, 2.24) is 15.3 Å². The van der Waals surface area contributed by atoms with Gasteiger partial charge in [0.15, 0.2) is 0 Å². The van der Waals surface area contributed by atoms with Crippen molar-refractivity contribution in [3.8, 4) is 5.75 Å². The summed E-state index contributed by atoms with van der Waals surface area (Å²) in [5.74, 6) is 0.555. The van der Waals surface area contributed by atoms with Crippen LogP contribution in [-0.4, -0.2) is 29.0 Å². The molecule has 1 aromatic carbocycles. The molecule has 0 aliphatic rings. The fourth-order valence-electron chi connectivity index (χ4n) is 1.64. The molecule has 104 valence electrons. The third-order valence-corrected chi connectivity index (χ3v) is 2.66. The van der Waals surface area contributed by atoms with E-state index in [2.05, 4.69) is 15.3 Å². The number of amides is 1. The third kappa shape index (κ3) is 4.05. The predicted molar refractivity (Wildman–Crippen MR) is 75.8 cm³/mol. The first-order valence-corrected chi connectivity index (χ1v) is 6.41. The van der Waals surface area contributed by atoms with Gasteiger partial charge in [-0.2, -0.15) is 0 Å². The Labute approximate surface area is 118 Å². The van der Waals surface area contributed by atoms with Crippen LogP contribution in [0.15, 0.2) is 36.7 Å². The minimum atomic E-state index is -0.245. The molecule has 1 aromatic heterocycles. The van der Waals surface area contributed by atoms with Gasteiger partial charge in [-0.05, 0) is 31.5 Å². The molecule has 0 bridgehead atoms. The summed E-state index contributed by atoms with van der Waals surface area (Å²) in [6.07, 6.45) is 3.03. The number of nitrogens with zero attached hydrogens (tertiary/aromatic N) is 2. The van der Waals surface area contributed by atoms with Gasteiger partial charge < -0.3 is 10.1 Å². The van der Waals surface area contributed by atoms with Crippen LogP contribution in [0.25, 0.3) is 0 Å². The number of benzene rings is 1. The van der Waals surface area contributed by atoms with Crippen LogP contribution in [0.4, 0.5) is 0 Å². The van der Waals surface area contributed by atoms with E-state index in [-0.39, 0.29) is 5.91 Å². The first-order valence-electron chi connectivity index (χ1n) is 6.41. The highest BCUT2D eigenvalue weighted by atomic mass is 16.5. The number of carbonyl (C=O) groups excluding carboxylic acids is 1. The molecule has 0 radical (unpaired) electrons. The Morgan fingerprint density at radius 1 is 1.25 bits per heavy atom. The van der Waals surface area contributed by atoms with Gasteiger partial charge in [-0.15, -0.1) is 0 Å². The maximum Gasteiger partial charge on any atom is 0.271 e. The highest BCUT2D eigenvalue weighted by Crippen LogP contribution is 2.11. The highest BCUT2D eigenvalue weighted by Gasteiger charge is 2.06. The lowest BCUT2D eigenvalue weighted by atomic mass is 10.2. The summed E-state index contributed by atoms with van der Waals surface area (Å²) < 4.78 is 5.54. The lowest BCUT2D eigenvalue weighted by Crippen LogP contribution is -2.28. The summed E-state index contributed by atoms with van der Waals surface area (Å²) in [7, 11) is 0. The Hall–Kier alpha value is -2.43. The molecule has 2 rings (SSSR count). The minimum absolute atomic E-state index is 0.245. The molecule has 0 fully saturated rings. The first kappa shape index (κ1) is 14.0. The summed E-state index contributed by atoms with van der Waals surface area (Å²) in [5, 5.41) is 2.74. The van der Waals surface area contributed by atoms with Crippen molar-refractivity contribution in [1.29, 1.82) is 0 Å². The number of aromatic nitrogens is 2. The fraction of sp³-hybridized carbons (Fsp3) is 0.267. The maximum atomic E-state index is 11.8. The van der Waals surface area contributed by atoms with Crippen molar-refractivity contribution in [3.63, 3.8) is 0 Å². The Balaban J connectivity index is 1.76. The van der Waals surface area contributed by atoms with Crippen molar-refractivity contribution in [2.24, 2.45) is 0 Å². The highest BCUT2D eigenvalue weighted by molar-refractivity contribution is 5.91. The van der Waals surface area contributed by atoms with Crippen molar-refractivity contribution in [2.45, 2.75) is 13.8 Å². The normalized spacial score (nSPS) is 10.1. The van der Waals surface area contributed by atoms with E-state index in [4.69, 9.17) is 4.74 Å². The molecule has 5 heteroatoms. The van der Waals surface area contributed by atoms with E-state index in [9.17, 15) is 4.79 Å². The van der Waals surface area contributed by atoms with E-state index in [1.165, 1.54) is 6.20 Å². The van der Waals surface area contributed by atoms with E-state index < -0.39 is 0 Å². The van der Waals surface area contributed by atoms with Gasteiger partial charge in [-0.1, -0.05) is 12.1 Å². The van der Waals surface area contributed by atoms with Gasteiger partial charge in [0.05, 0.1) is 18.4 Å². The van der Waals surface area contributed by atoms with E-state index in [1.807, 2.05) is 38.1 Å². The van der Waals surface area contributed by atoms with Crippen LogP contribution in [0.2, 0.25) is 0 Å². The van der Waals surface area contributed by atoms with Gasteiger partial charge in [0.25, 0.3) is 5.91 Å². The second kappa shape index (κ2) is 6.65. The van der Waals surface area contributed by atoms with E-state index in [0.717, 1.165) is 17.0 Å². The van der Waals surface area contributed by atoms with E-state index in [0.29, 0.717) is 18.8 Å². The molecule has 0 spiro atoms. The molecule has 1 amide bonds. The average molecular weight is 271 g/mol. The molecule has 5 nitrogen and oxygen atoms in total. The largest absolute Gasteiger partial charge is 0.492 e. The smallest absolute Gasteiger partial charge is 0.271 e. The van der Waals surface area contributed by atoms with Crippen molar-refractivity contribution >= 4 is 5.91 Å². The third-order valence-electron chi connectivity index (χ3n) is 2.66. The summed E-state index contributed by atoms with van der Waals surface area (Å²) >= 11 is 0. The number of rotatable bonds is 5. The SMILES string of the molecule is Cc1cccc(OCCNC(=O)c2cnc(C)cn2)c1. The molecule has 1 heterocycles. The Morgan fingerprint density at radius 2 is 2.10 bits per heavy atom. The van der Waals surface area contributed by atoms with Gasteiger partial charge >= 0.3 is 0 Å². The maximum absolute atomic E-state index is 11.8. The molecule has 0 aliphatic heterocycles. The number of hydrogen-bond acceptors (Lipinski definition) is 4. The van der Waals surface area contributed by atoms with Gasteiger partial charge in [0.1, 0.15) is 18.1 Å². The molecule has 1 N–H and O–H groups in total. The van der Waals surface area contributed by atoms with Crippen molar-refractivity contribution in [3.05, 3.63) is 53.6 Å². The zero-order valence-electron chi connectivity index (χ0n) is 11.6. The number of aryl methyl sites for hydroxylation is 2. The molecule has 0 saturated heterocycles. The summed E-state index contributed by atoms with van der Waals surface area (Å²) in [6, 6.07) is 7.78. The molecule has 0 unspecified atom stereocenters. The predicted octanol–water partition coefficient (Wildman–Crippen LogP) is 1.90. The van der Waals surface area contributed by atoms with Crippen LogP contribution >= 0.6 is 0 Å². The Kier molecular flexibility index (Phi) is 4.65. The first-order chi connectivity index (χ1) is 9.65. The number of carbonyl (C=O) groups is 1. The molecule has 20 heavy (non-hydrogen) atoms. The Bertz CT molecular complexity index is 582. The van der Waals surface area contributed by atoms with Crippen molar-refractivity contribution < 1.29 is 9.53 Å². The quantitative estimate of drug-likeness (QED) is 0.844. The van der Waals surface area contributed by atoms with Crippen molar-refractivity contribution in [2.75, 3.05) is 13.2 Å². The van der Waals surface area contributed by atoms with Gasteiger partial charge in [-0.25, -0.2) is 4.98 Å². The summed E-state index contributed by atoms with van der Waals surface area (Å²) in [5.41, 5.74) is 2.23. The molecular weight excluding hydrogens is 254 g/mol. The number of ether oxygens (including phenoxy) is 1. The van der Waals surface area contributed by atoms with Gasteiger partial charge in [0.2, 0.25) is 0 Å². The van der Waals surface area contributed by atoms with Gasteiger partial charge in [-0.3, -0.25) is 9.78 Å². The second-order valence-corrected chi connectivity index (χ2v) is 4.46. The minimum Gasteiger partial charge on any atom is -0.492 e. The van der Waals surface area contributed by atoms with Crippen LogP contribution in [-0.2, 0) is 0 Å². The molecule has 2 aromatic rings. The summed E-state index contributed by atoms with van der Waals surface area (Å²) in [4.78, 5) is 19.8. The van der Waals surface area contributed by atoms with Crippen LogP contribution in [0, 0.1) is 13.8 Å². The average Bonchev–Trinajstić information content (AvgIpc) is 2.44. The van der Waals surface area contributed by atoms with Crippen LogP contribution in [0.1, 0.15) is 21.7 Å². The number of nitrogens with one attached hydrogen (secondary N) is 1. The molecule has 0 atom stereocenters. The van der Waals surface area contributed by atoms with Gasteiger partial charge in [0, 0.05) is 6.20 Å². The molecular formula is C15H17N3O2. The number of hydrogen-bond donors (Lipinski definition) is 1. The zero-order chi connectivity index (χ0) is 14.4. The Morgan fingerprint density at radius 3 is 2.80 bits per heavy atom.